The zero-order valence-electron chi connectivity index (χ0n) is 12.9. The zero-order chi connectivity index (χ0) is 16.3. The molecule has 1 aromatic carbocycles. The number of aryl methyl sites for hydroxylation is 1. The molecule has 2 N–H and O–H groups in total. The molecule has 1 fully saturated rings. The summed E-state index contributed by atoms with van der Waals surface area (Å²) in [6.07, 6.45) is 2.10. The van der Waals surface area contributed by atoms with E-state index >= 15 is 0 Å². The topological polar surface area (TPSA) is 96.9 Å². The SMILES string of the molecule is Cc1ccc(CNc2nncc(NC3CCS(=O)(=O)C3)n2)cc1. The quantitative estimate of drug-likeness (QED) is 0.853. The smallest absolute Gasteiger partial charge is 0.244 e. The van der Waals surface area contributed by atoms with Crippen molar-refractivity contribution < 1.29 is 8.42 Å². The Balaban J connectivity index is 1.60. The van der Waals surface area contributed by atoms with E-state index in [0.717, 1.165) is 5.56 Å². The van der Waals surface area contributed by atoms with Crippen molar-refractivity contribution in [3.8, 4) is 0 Å². The van der Waals surface area contributed by atoms with E-state index in [0.29, 0.717) is 24.7 Å². The van der Waals surface area contributed by atoms with E-state index in [9.17, 15) is 8.42 Å². The van der Waals surface area contributed by atoms with Crippen LogP contribution >= 0.6 is 0 Å². The third kappa shape index (κ3) is 4.38. The van der Waals surface area contributed by atoms with E-state index in [1.807, 2.05) is 19.1 Å². The number of nitrogens with one attached hydrogen (secondary N) is 2. The fourth-order valence-corrected chi connectivity index (χ4v) is 4.13. The van der Waals surface area contributed by atoms with Gasteiger partial charge in [-0.25, -0.2) is 8.42 Å². The molecule has 0 bridgehead atoms. The van der Waals surface area contributed by atoms with E-state index in [1.54, 1.807) is 0 Å². The van der Waals surface area contributed by atoms with Crippen LogP contribution in [0.3, 0.4) is 0 Å². The van der Waals surface area contributed by atoms with Crippen LogP contribution in [0.4, 0.5) is 11.8 Å². The van der Waals surface area contributed by atoms with Gasteiger partial charge in [-0.15, -0.1) is 5.10 Å². The highest BCUT2D eigenvalue weighted by Crippen LogP contribution is 2.16. The molecule has 0 radical (unpaired) electrons. The lowest BCUT2D eigenvalue weighted by Crippen LogP contribution is -2.21. The Labute approximate surface area is 135 Å². The van der Waals surface area contributed by atoms with Gasteiger partial charge in [0.25, 0.3) is 0 Å². The maximum Gasteiger partial charge on any atom is 0.244 e. The summed E-state index contributed by atoms with van der Waals surface area (Å²) in [4.78, 5) is 4.33. The number of benzene rings is 1. The maximum atomic E-state index is 11.5. The molecule has 8 heteroatoms. The van der Waals surface area contributed by atoms with Gasteiger partial charge in [-0.05, 0) is 18.9 Å². The Morgan fingerprint density at radius 2 is 2.04 bits per heavy atom. The van der Waals surface area contributed by atoms with Gasteiger partial charge < -0.3 is 10.6 Å². The summed E-state index contributed by atoms with van der Waals surface area (Å²) in [5.41, 5.74) is 2.34. The van der Waals surface area contributed by atoms with Crippen LogP contribution in [-0.2, 0) is 16.4 Å². The van der Waals surface area contributed by atoms with Crippen molar-refractivity contribution in [2.45, 2.75) is 25.9 Å². The Bertz CT molecular complexity index is 777. The number of nitrogens with zero attached hydrogens (tertiary/aromatic N) is 3. The van der Waals surface area contributed by atoms with E-state index in [2.05, 4.69) is 37.9 Å². The first-order chi connectivity index (χ1) is 11.0. The van der Waals surface area contributed by atoms with Gasteiger partial charge in [0.15, 0.2) is 15.7 Å². The van der Waals surface area contributed by atoms with Crippen LogP contribution in [0.1, 0.15) is 17.5 Å². The zero-order valence-corrected chi connectivity index (χ0v) is 13.7. The first-order valence-corrected chi connectivity index (χ1v) is 9.28. The van der Waals surface area contributed by atoms with Crippen molar-refractivity contribution in [1.29, 1.82) is 0 Å². The summed E-state index contributed by atoms with van der Waals surface area (Å²) in [7, 11) is -2.92. The van der Waals surface area contributed by atoms with Crippen molar-refractivity contribution in [1.82, 2.24) is 15.2 Å². The Kier molecular flexibility index (Phi) is 4.42. The molecular formula is C15H19N5O2S. The standard InChI is InChI=1S/C15H19N5O2S/c1-11-2-4-12(5-3-11)8-16-15-19-14(9-17-20-15)18-13-6-7-23(21,22)10-13/h2-5,9,13H,6-8,10H2,1H3,(H2,16,18,19,20). The minimum absolute atomic E-state index is 0.110. The van der Waals surface area contributed by atoms with Gasteiger partial charge in [0.2, 0.25) is 5.95 Å². The van der Waals surface area contributed by atoms with Crippen molar-refractivity contribution >= 4 is 21.6 Å². The summed E-state index contributed by atoms with van der Waals surface area (Å²) in [6.45, 7) is 2.64. The molecule has 122 valence electrons. The molecule has 1 unspecified atom stereocenters. The molecule has 1 atom stereocenters. The van der Waals surface area contributed by atoms with Gasteiger partial charge >= 0.3 is 0 Å². The van der Waals surface area contributed by atoms with Crippen LogP contribution in [-0.4, -0.2) is 41.1 Å². The molecule has 1 aliphatic rings. The van der Waals surface area contributed by atoms with Crippen LogP contribution in [0.2, 0.25) is 0 Å². The lowest BCUT2D eigenvalue weighted by atomic mass is 10.1. The minimum Gasteiger partial charge on any atom is -0.365 e. The predicted octanol–water partition coefficient (Wildman–Crippen LogP) is 1.39. The number of aromatic nitrogens is 3. The third-order valence-electron chi connectivity index (χ3n) is 3.71. The molecule has 0 saturated carbocycles. The van der Waals surface area contributed by atoms with Crippen molar-refractivity contribution in [3.05, 3.63) is 41.6 Å². The molecule has 1 saturated heterocycles. The first kappa shape index (κ1) is 15.7. The molecule has 0 amide bonds. The van der Waals surface area contributed by atoms with Crippen LogP contribution in [0.15, 0.2) is 30.5 Å². The van der Waals surface area contributed by atoms with Crippen molar-refractivity contribution in [2.75, 3.05) is 22.1 Å². The lowest BCUT2D eigenvalue weighted by Gasteiger charge is -2.11. The van der Waals surface area contributed by atoms with E-state index in [1.165, 1.54) is 11.8 Å². The summed E-state index contributed by atoms with van der Waals surface area (Å²) in [5, 5.41) is 14.1. The Hall–Kier alpha value is -2.22. The number of hydrogen-bond donors (Lipinski definition) is 2. The highest BCUT2D eigenvalue weighted by molar-refractivity contribution is 7.91. The van der Waals surface area contributed by atoms with Gasteiger partial charge in [0.1, 0.15) is 0 Å². The van der Waals surface area contributed by atoms with E-state index in [4.69, 9.17) is 0 Å². The van der Waals surface area contributed by atoms with Crippen molar-refractivity contribution in [3.63, 3.8) is 0 Å². The molecule has 2 aromatic rings. The largest absolute Gasteiger partial charge is 0.365 e. The Morgan fingerprint density at radius 1 is 1.26 bits per heavy atom. The molecule has 2 heterocycles. The minimum atomic E-state index is -2.92. The van der Waals surface area contributed by atoms with Crippen LogP contribution in [0.25, 0.3) is 0 Å². The second kappa shape index (κ2) is 6.49. The molecule has 23 heavy (non-hydrogen) atoms. The summed E-state index contributed by atoms with van der Waals surface area (Å²) >= 11 is 0. The highest BCUT2D eigenvalue weighted by Gasteiger charge is 2.28. The number of rotatable bonds is 5. The third-order valence-corrected chi connectivity index (χ3v) is 5.48. The molecule has 0 spiro atoms. The fourth-order valence-electron chi connectivity index (χ4n) is 2.45. The maximum absolute atomic E-state index is 11.5. The van der Waals surface area contributed by atoms with Crippen LogP contribution < -0.4 is 10.6 Å². The van der Waals surface area contributed by atoms with Crippen LogP contribution in [0, 0.1) is 6.92 Å². The average Bonchev–Trinajstić information content (AvgIpc) is 2.86. The molecule has 7 nitrogen and oxygen atoms in total. The monoisotopic (exact) mass is 333 g/mol. The summed E-state index contributed by atoms with van der Waals surface area (Å²) < 4.78 is 23.0. The lowest BCUT2D eigenvalue weighted by molar-refractivity contribution is 0.602. The van der Waals surface area contributed by atoms with Crippen LogP contribution in [0.5, 0.6) is 0 Å². The van der Waals surface area contributed by atoms with Gasteiger partial charge in [0.05, 0.1) is 17.7 Å². The van der Waals surface area contributed by atoms with Gasteiger partial charge in [-0.2, -0.15) is 10.1 Å². The number of anilines is 2. The van der Waals surface area contributed by atoms with Gasteiger partial charge in [-0.1, -0.05) is 29.8 Å². The first-order valence-electron chi connectivity index (χ1n) is 7.46. The fraction of sp³-hybridized carbons (Fsp3) is 0.400. The number of hydrogen-bond acceptors (Lipinski definition) is 7. The van der Waals surface area contributed by atoms with Crippen molar-refractivity contribution in [2.24, 2.45) is 0 Å². The molecule has 3 rings (SSSR count). The summed E-state index contributed by atoms with van der Waals surface area (Å²) in [6, 6.07) is 8.08. The molecular weight excluding hydrogens is 314 g/mol. The number of sulfone groups is 1. The average molecular weight is 333 g/mol. The molecule has 1 aromatic heterocycles. The van der Waals surface area contributed by atoms with E-state index < -0.39 is 9.84 Å². The Morgan fingerprint density at radius 3 is 2.74 bits per heavy atom. The summed E-state index contributed by atoms with van der Waals surface area (Å²) in [5.74, 6) is 1.31. The van der Waals surface area contributed by atoms with Gasteiger partial charge in [-0.3, -0.25) is 0 Å². The molecule has 1 aliphatic heterocycles. The highest BCUT2D eigenvalue weighted by atomic mass is 32.2. The predicted molar refractivity (Wildman–Crippen MR) is 89.0 cm³/mol. The molecule has 0 aliphatic carbocycles. The van der Waals surface area contributed by atoms with Gasteiger partial charge in [0, 0.05) is 12.6 Å². The second-order valence-corrected chi connectivity index (χ2v) is 7.98. The normalized spacial score (nSPS) is 19.4. The second-order valence-electron chi connectivity index (χ2n) is 5.75. The van der Waals surface area contributed by atoms with E-state index in [-0.39, 0.29) is 17.5 Å².